The first-order valence-electron chi connectivity index (χ1n) is 6.02. The Kier molecular flexibility index (Phi) is 6.07. The number of hydrogen-bond donors (Lipinski definition) is 0. The van der Waals surface area contributed by atoms with Crippen molar-refractivity contribution in [3.63, 3.8) is 0 Å². The van der Waals surface area contributed by atoms with Crippen LogP contribution >= 0.6 is 47.8 Å². The number of ether oxygens (including phenoxy) is 2. The minimum Gasteiger partial charge on any atom is -0.497 e. The van der Waals surface area contributed by atoms with Crippen molar-refractivity contribution in [3.8, 4) is 23.3 Å². The topological polar surface area (TPSA) is 35.5 Å². The van der Waals surface area contributed by atoms with Crippen LogP contribution in [0.5, 0.6) is 11.5 Å². The van der Waals surface area contributed by atoms with Gasteiger partial charge in [-0.05, 0) is 68.3 Å². The maximum Gasteiger partial charge on any atom is 0.390 e. The average Bonchev–Trinajstić information content (AvgIpc) is 2.49. The summed E-state index contributed by atoms with van der Waals surface area (Å²) >= 11 is 10.0. The smallest absolute Gasteiger partial charge is 0.390 e. The molecule has 0 fully saturated rings. The van der Waals surface area contributed by atoms with Gasteiger partial charge in [-0.15, -0.1) is 0 Å². The van der Waals surface area contributed by atoms with Gasteiger partial charge in [-0.3, -0.25) is 0 Å². The van der Waals surface area contributed by atoms with E-state index < -0.39 is 5.97 Å². The number of halogens is 3. The van der Waals surface area contributed by atoms with E-state index in [1.807, 2.05) is 0 Å². The Bertz CT molecular complexity index is 735. The highest BCUT2D eigenvalue weighted by Gasteiger charge is 2.11. The average molecular weight is 489 g/mol. The van der Waals surface area contributed by atoms with Crippen molar-refractivity contribution < 1.29 is 14.3 Å². The van der Waals surface area contributed by atoms with E-state index in [0.717, 1.165) is 10.2 Å². The van der Waals surface area contributed by atoms with Crippen molar-refractivity contribution in [1.82, 2.24) is 0 Å². The summed E-state index contributed by atoms with van der Waals surface area (Å²) in [6.07, 6.45) is 0. The summed E-state index contributed by atoms with van der Waals surface area (Å²) in [7, 11) is 1.59. The zero-order valence-electron chi connectivity index (χ0n) is 11.3. The van der Waals surface area contributed by atoms with Crippen LogP contribution in [0.1, 0.15) is 5.56 Å². The molecule has 0 bridgehead atoms. The maximum atomic E-state index is 11.8. The second-order valence-corrected chi connectivity index (χ2v) is 6.69. The standard InChI is InChI=1S/C16H9Br3O3/c1-21-12-5-2-10(3-6-12)4-7-15(20)22-16-13(18)8-11(17)9-14(16)19/h2-3,5-6,8-9H,1H3. The molecule has 0 unspecified atom stereocenters. The lowest BCUT2D eigenvalue weighted by atomic mass is 10.2. The molecule has 0 N–H and O–H groups in total. The van der Waals surface area contributed by atoms with Crippen LogP contribution in [0.3, 0.4) is 0 Å². The third-order valence-corrected chi connectivity index (χ3v) is 4.19. The quantitative estimate of drug-likeness (QED) is 0.341. The van der Waals surface area contributed by atoms with E-state index in [9.17, 15) is 4.79 Å². The Labute approximate surface area is 153 Å². The third kappa shape index (κ3) is 4.60. The monoisotopic (exact) mass is 486 g/mol. The molecule has 112 valence electrons. The van der Waals surface area contributed by atoms with Gasteiger partial charge in [0.2, 0.25) is 0 Å². The van der Waals surface area contributed by atoms with E-state index >= 15 is 0 Å². The summed E-state index contributed by atoms with van der Waals surface area (Å²) in [6.45, 7) is 0. The molecule has 3 nitrogen and oxygen atoms in total. The Hall–Kier alpha value is -1.29. The number of methoxy groups -OCH3 is 1. The lowest BCUT2D eigenvalue weighted by Gasteiger charge is -2.06. The molecule has 2 aromatic rings. The largest absolute Gasteiger partial charge is 0.497 e. The lowest BCUT2D eigenvalue weighted by molar-refractivity contribution is -0.128. The summed E-state index contributed by atoms with van der Waals surface area (Å²) in [6, 6.07) is 10.7. The summed E-state index contributed by atoms with van der Waals surface area (Å²) in [5.74, 6) is 5.67. The minimum absolute atomic E-state index is 0.386. The van der Waals surface area contributed by atoms with Crippen LogP contribution in [0.2, 0.25) is 0 Å². The van der Waals surface area contributed by atoms with Gasteiger partial charge >= 0.3 is 5.97 Å². The fraction of sp³-hybridized carbons (Fsp3) is 0.0625. The van der Waals surface area contributed by atoms with Gasteiger partial charge in [0.15, 0.2) is 5.75 Å². The number of esters is 1. The first-order chi connectivity index (χ1) is 10.5. The van der Waals surface area contributed by atoms with Crippen molar-refractivity contribution in [1.29, 1.82) is 0 Å². The SMILES string of the molecule is COc1ccc(C#CC(=O)Oc2c(Br)cc(Br)cc2Br)cc1. The van der Waals surface area contributed by atoms with E-state index in [0.29, 0.717) is 20.3 Å². The van der Waals surface area contributed by atoms with E-state index in [-0.39, 0.29) is 0 Å². The number of hydrogen-bond acceptors (Lipinski definition) is 3. The van der Waals surface area contributed by atoms with Crippen molar-refractivity contribution in [2.75, 3.05) is 7.11 Å². The van der Waals surface area contributed by atoms with Gasteiger partial charge in [-0.2, -0.15) is 0 Å². The van der Waals surface area contributed by atoms with Crippen molar-refractivity contribution in [2.24, 2.45) is 0 Å². The van der Waals surface area contributed by atoms with E-state index in [2.05, 4.69) is 59.6 Å². The highest BCUT2D eigenvalue weighted by Crippen LogP contribution is 2.36. The van der Waals surface area contributed by atoms with Crippen LogP contribution < -0.4 is 9.47 Å². The molecule has 2 aromatic carbocycles. The van der Waals surface area contributed by atoms with E-state index in [1.54, 1.807) is 43.5 Å². The number of carbonyl (C=O) groups excluding carboxylic acids is 1. The van der Waals surface area contributed by atoms with E-state index in [4.69, 9.17) is 9.47 Å². The zero-order valence-corrected chi connectivity index (χ0v) is 16.1. The zero-order chi connectivity index (χ0) is 16.1. The van der Waals surface area contributed by atoms with Crippen LogP contribution in [0.4, 0.5) is 0 Å². The van der Waals surface area contributed by atoms with Crippen LogP contribution in [0.15, 0.2) is 49.8 Å². The molecule has 0 saturated heterocycles. The number of rotatable bonds is 2. The molecule has 0 aliphatic heterocycles. The fourth-order valence-electron chi connectivity index (χ4n) is 1.54. The molecular weight excluding hydrogens is 480 g/mol. The summed E-state index contributed by atoms with van der Waals surface area (Å²) in [4.78, 5) is 11.8. The van der Waals surface area contributed by atoms with E-state index in [1.165, 1.54) is 0 Å². The molecule has 0 saturated carbocycles. The van der Waals surface area contributed by atoms with Gasteiger partial charge in [-0.25, -0.2) is 4.79 Å². The normalized spacial score (nSPS) is 9.64. The minimum atomic E-state index is -0.639. The Morgan fingerprint density at radius 2 is 1.64 bits per heavy atom. The van der Waals surface area contributed by atoms with Crippen LogP contribution in [-0.2, 0) is 4.79 Å². The van der Waals surface area contributed by atoms with Gasteiger partial charge in [0.1, 0.15) is 5.75 Å². The first-order valence-corrected chi connectivity index (χ1v) is 8.40. The number of carbonyl (C=O) groups is 1. The predicted octanol–water partition coefficient (Wildman–Crippen LogP) is 4.94. The second-order valence-electron chi connectivity index (χ2n) is 4.07. The van der Waals surface area contributed by atoms with Crippen LogP contribution in [0, 0.1) is 11.8 Å². The molecule has 0 aromatic heterocycles. The van der Waals surface area contributed by atoms with Crippen molar-refractivity contribution in [2.45, 2.75) is 0 Å². The molecule has 6 heteroatoms. The first kappa shape index (κ1) is 17.1. The Balaban J connectivity index is 2.12. The summed E-state index contributed by atoms with van der Waals surface area (Å²) < 4.78 is 12.5. The second kappa shape index (κ2) is 7.82. The highest BCUT2D eigenvalue weighted by molar-refractivity contribution is 9.11. The van der Waals surface area contributed by atoms with Crippen molar-refractivity contribution >= 4 is 53.8 Å². The number of benzene rings is 2. The molecule has 0 spiro atoms. The highest BCUT2D eigenvalue weighted by atomic mass is 79.9. The summed E-state index contributed by atoms with van der Waals surface area (Å²) in [5.41, 5.74) is 0.701. The molecule has 0 aliphatic rings. The Morgan fingerprint density at radius 1 is 1.05 bits per heavy atom. The predicted molar refractivity (Wildman–Crippen MR) is 95.0 cm³/mol. The van der Waals surface area contributed by atoms with Gasteiger partial charge in [0.05, 0.1) is 16.1 Å². The molecular formula is C16H9Br3O3. The van der Waals surface area contributed by atoms with Crippen molar-refractivity contribution in [3.05, 3.63) is 55.4 Å². The molecule has 0 radical (unpaired) electrons. The van der Waals surface area contributed by atoms with Crippen LogP contribution in [-0.4, -0.2) is 13.1 Å². The van der Waals surface area contributed by atoms with Gasteiger partial charge in [0.25, 0.3) is 0 Å². The van der Waals surface area contributed by atoms with Gasteiger partial charge < -0.3 is 9.47 Å². The summed E-state index contributed by atoms with van der Waals surface area (Å²) in [5, 5.41) is 0. The molecule has 2 rings (SSSR count). The lowest BCUT2D eigenvalue weighted by Crippen LogP contribution is -2.05. The third-order valence-electron chi connectivity index (χ3n) is 2.56. The molecule has 22 heavy (non-hydrogen) atoms. The van der Waals surface area contributed by atoms with Crippen LogP contribution in [0.25, 0.3) is 0 Å². The maximum absolute atomic E-state index is 11.8. The fourth-order valence-corrected chi connectivity index (χ4v) is 3.96. The molecule has 0 atom stereocenters. The molecule has 0 heterocycles. The van der Waals surface area contributed by atoms with Gasteiger partial charge in [0, 0.05) is 16.0 Å². The molecule has 0 amide bonds. The van der Waals surface area contributed by atoms with Gasteiger partial charge in [-0.1, -0.05) is 21.9 Å². The Morgan fingerprint density at radius 3 is 2.18 bits per heavy atom. The molecule has 0 aliphatic carbocycles.